The number of likely N-dealkylation sites (tertiary alicyclic amines) is 1. The quantitative estimate of drug-likeness (QED) is 0.0739. The maximum atomic E-state index is 13.1. The minimum Gasteiger partial charge on any atom is -0.459 e. The summed E-state index contributed by atoms with van der Waals surface area (Å²) >= 11 is 0. The third kappa shape index (κ3) is 11.6. The first-order valence-electron chi connectivity index (χ1n) is 18.5. The second kappa shape index (κ2) is 18.5. The second-order valence-corrected chi connectivity index (χ2v) is 14.8. The zero-order valence-electron chi connectivity index (χ0n) is 30.6. The van der Waals surface area contributed by atoms with Crippen molar-refractivity contribution in [2.24, 2.45) is 0 Å². The maximum absolute atomic E-state index is 13.1. The predicted octanol–water partition coefficient (Wildman–Crippen LogP) is 7.03. The van der Waals surface area contributed by atoms with Crippen LogP contribution in [0.3, 0.4) is 0 Å². The van der Waals surface area contributed by atoms with Gasteiger partial charge in [0.15, 0.2) is 6.29 Å². The standard InChI is InChI=1S/C41H54N4O7/c1-41(2,3)52-39(49)35-16-11-23-45(35)26-32-25-36(29-21-19-28(27-46)20-22-29)51-40(50-32)30-12-10-13-31(24-30)43-37(47)17-6-4-5-7-18-38(48)44-34-15-9-8-14-33(34)42/h8-10,12-15,19-22,24,32,35-36,40,46H,4-7,11,16-18,23,25-27,42H2,1-3H3,(H,43,47)(H,44,48)/t32-,35-,36+,40+/m0/s1. The first kappa shape index (κ1) is 38.9. The molecule has 3 aromatic rings. The number of rotatable bonds is 15. The summed E-state index contributed by atoms with van der Waals surface area (Å²) in [6.45, 7) is 6.95. The molecule has 0 unspecified atom stereocenters. The molecule has 4 atom stereocenters. The van der Waals surface area contributed by atoms with E-state index in [1.54, 1.807) is 12.1 Å². The molecule has 2 fully saturated rings. The van der Waals surface area contributed by atoms with E-state index in [0.29, 0.717) is 49.3 Å². The Labute approximate surface area is 307 Å². The fourth-order valence-corrected chi connectivity index (χ4v) is 6.71. The molecule has 280 valence electrons. The number of benzene rings is 3. The maximum Gasteiger partial charge on any atom is 0.323 e. The molecule has 0 spiro atoms. The van der Waals surface area contributed by atoms with Crippen molar-refractivity contribution in [3.8, 4) is 0 Å². The molecule has 11 nitrogen and oxygen atoms in total. The van der Waals surface area contributed by atoms with Crippen LogP contribution in [0.1, 0.15) is 108 Å². The first-order chi connectivity index (χ1) is 25.0. The monoisotopic (exact) mass is 714 g/mol. The molecule has 2 heterocycles. The van der Waals surface area contributed by atoms with Gasteiger partial charge in [-0.15, -0.1) is 0 Å². The van der Waals surface area contributed by atoms with Crippen LogP contribution in [-0.4, -0.2) is 58.6 Å². The molecule has 0 saturated carbocycles. The van der Waals surface area contributed by atoms with E-state index in [-0.39, 0.29) is 42.6 Å². The van der Waals surface area contributed by atoms with E-state index in [1.807, 2.05) is 81.4 Å². The molecular weight excluding hydrogens is 660 g/mol. The van der Waals surface area contributed by atoms with Crippen LogP contribution in [0, 0.1) is 0 Å². The van der Waals surface area contributed by atoms with Gasteiger partial charge in [0, 0.05) is 37.1 Å². The summed E-state index contributed by atoms with van der Waals surface area (Å²) in [5.74, 6) is -0.355. The van der Waals surface area contributed by atoms with Crippen molar-refractivity contribution in [2.45, 2.75) is 115 Å². The zero-order valence-corrected chi connectivity index (χ0v) is 30.6. The van der Waals surface area contributed by atoms with E-state index in [4.69, 9.17) is 19.9 Å². The number of unbranched alkanes of at least 4 members (excludes halogenated alkanes) is 3. The number of nitrogens with two attached hydrogens (primary N) is 1. The van der Waals surface area contributed by atoms with E-state index in [1.165, 1.54) is 0 Å². The van der Waals surface area contributed by atoms with Gasteiger partial charge in [-0.1, -0.05) is 61.4 Å². The number of carbonyl (C=O) groups excluding carboxylic acids is 3. The van der Waals surface area contributed by atoms with Gasteiger partial charge in [0.2, 0.25) is 11.8 Å². The lowest BCUT2D eigenvalue weighted by molar-refractivity contribution is -0.253. The van der Waals surface area contributed by atoms with Crippen LogP contribution in [0.15, 0.2) is 72.8 Å². The van der Waals surface area contributed by atoms with Crippen LogP contribution in [-0.2, 0) is 35.2 Å². The lowest BCUT2D eigenvalue weighted by Crippen LogP contribution is -2.45. The van der Waals surface area contributed by atoms with Gasteiger partial charge in [-0.25, -0.2) is 0 Å². The summed E-state index contributed by atoms with van der Waals surface area (Å²) in [7, 11) is 0. The minimum atomic E-state index is -0.698. The number of amides is 2. The van der Waals surface area contributed by atoms with Crippen LogP contribution in [0.4, 0.5) is 17.1 Å². The van der Waals surface area contributed by atoms with Crippen molar-refractivity contribution >= 4 is 34.8 Å². The number of para-hydroxylation sites is 2. The molecule has 2 aliphatic heterocycles. The highest BCUT2D eigenvalue weighted by molar-refractivity contribution is 5.93. The van der Waals surface area contributed by atoms with Gasteiger partial charge >= 0.3 is 5.97 Å². The molecule has 3 aromatic carbocycles. The van der Waals surface area contributed by atoms with Gasteiger partial charge in [-0.05, 0) is 88.4 Å². The highest BCUT2D eigenvalue weighted by Gasteiger charge is 2.39. The number of carbonyl (C=O) groups is 3. The summed E-state index contributed by atoms with van der Waals surface area (Å²) < 4.78 is 18.9. The van der Waals surface area contributed by atoms with Crippen molar-refractivity contribution in [3.63, 3.8) is 0 Å². The number of hydrogen-bond acceptors (Lipinski definition) is 9. The van der Waals surface area contributed by atoms with Crippen LogP contribution in [0.2, 0.25) is 0 Å². The van der Waals surface area contributed by atoms with E-state index < -0.39 is 11.9 Å². The Morgan fingerprint density at radius 3 is 2.29 bits per heavy atom. The first-order valence-corrected chi connectivity index (χ1v) is 18.5. The van der Waals surface area contributed by atoms with Crippen LogP contribution < -0.4 is 16.4 Å². The second-order valence-electron chi connectivity index (χ2n) is 14.8. The number of nitrogens with zero attached hydrogens (tertiary/aromatic N) is 1. The molecule has 11 heteroatoms. The Bertz CT molecular complexity index is 1640. The number of ether oxygens (including phenoxy) is 3. The molecule has 5 rings (SSSR count). The van der Waals surface area contributed by atoms with Gasteiger partial charge in [-0.3, -0.25) is 19.3 Å². The van der Waals surface area contributed by atoms with Crippen molar-refractivity contribution < 1.29 is 33.7 Å². The fourth-order valence-electron chi connectivity index (χ4n) is 6.71. The Morgan fingerprint density at radius 2 is 1.60 bits per heavy atom. The van der Waals surface area contributed by atoms with Gasteiger partial charge in [0.05, 0.1) is 30.2 Å². The molecule has 0 aromatic heterocycles. The Balaban J connectivity index is 1.15. The predicted molar refractivity (Wildman–Crippen MR) is 201 cm³/mol. The average Bonchev–Trinajstić information content (AvgIpc) is 3.58. The number of nitrogen functional groups attached to an aromatic ring is 1. The lowest BCUT2D eigenvalue weighted by Gasteiger charge is -2.38. The summed E-state index contributed by atoms with van der Waals surface area (Å²) in [6.07, 6.45) is 4.94. The topological polar surface area (TPSA) is 152 Å². The van der Waals surface area contributed by atoms with Gasteiger partial charge in [0.1, 0.15) is 11.6 Å². The molecule has 0 aliphatic carbocycles. The van der Waals surface area contributed by atoms with Crippen molar-refractivity contribution in [2.75, 3.05) is 29.5 Å². The highest BCUT2D eigenvalue weighted by atomic mass is 16.7. The Hall–Kier alpha value is -4.29. The molecule has 0 radical (unpaired) electrons. The normalized spacial score (nSPS) is 20.7. The largest absolute Gasteiger partial charge is 0.459 e. The van der Waals surface area contributed by atoms with E-state index >= 15 is 0 Å². The number of nitrogens with one attached hydrogen (secondary N) is 2. The van der Waals surface area contributed by atoms with Crippen LogP contribution in [0.25, 0.3) is 0 Å². The fraction of sp³-hybridized carbons (Fsp3) is 0.488. The van der Waals surface area contributed by atoms with Gasteiger partial charge in [-0.2, -0.15) is 0 Å². The number of aliphatic hydroxyl groups is 1. The Morgan fingerprint density at radius 1 is 0.885 bits per heavy atom. The molecule has 2 aliphatic rings. The molecule has 2 amide bonds. The van der Waals surface area contributed by atoms with Crippen LogP contribution >= 0.6 is 0 Å². The molecule has 5 N–H and O–H groups in total. The lowest BCUT2D eigenvalue weighted by atomic mass is 9.99. The van der Waals surface area contributed by atoms with Crippen LogP contribution in [0.5, 0.6) is 0 Å². The SMILES string of the molecule is CC(C)(C)OC(=O)[C@@H]1CCCN1C[C@@H]1C[C@H](c2ccc(CO)cc2)O[C@H](c2cccc(NC(=O)CCCCCCC(=O)Nc3ccccc3N)c2)O1. The van der Waals surface area contributed by atoms with Crippen molar-refractivity contribution in [1.82, 2.24) is 4.90 Å². The molecule has 52 heavy (non-hydrogen) atoms. The van der Waals surface area contributed by atoms with E-state index in [0.717, 1.165) is 55.3 Å². The molecule has 0 bridgehead atoms. The van der Waals surface area contributed by atoms with Crippen molar-refractivity contribution in [1.29, 1.82) is 0 Å². The average molecular weight is 715 g/mol. The summed E-state index contributed by atoms with van der Waals surface area (Å²) in [5, 5.41) is 15.4. The third-order valence-electron chi connectivity index (χ3n) is 9.33. The summed E-state index contributed by atoms with van der Waals surface area (Å²) in [6, 6.07) is 22.1. The number of anilines is 3. The minimum absolute atomic E-state index is 0.0378. The smallest absolute Gasteiger partial charge is 0.323 e. The van der Waals surface area contributed by atoms with E-state index in [9.17, 15) is 19.5 Å². The van der Waals surface area contributed by atoms with Gasteiger partial charge in [0.25, 0.3) is 0 Å². The number of aliphatic hydroxyl groups excluding tert-OH is 1. The molecular formula is C41H54N4O7. The highest BCUT2D eigenvalue weighted by Crippen LogP contribution is 2.39. The summed E-state index contributed by atoms with van der Waals surface area (Å²) in [4.78, 5) is 40.4. The molecule has 2 saturated heterocycles. The van der Waals surface area contributed by atoms with E-state index in [2.05, 4.69) is 15.5 Å². The zero-order chi connectivity index (χ0) is 37.1. The number of hydrogen-bond donors (Lipinski definition) is 4. The third-order valence-corrected chi connectivity index (χ3v) is 9.33. The van der Waals surface area contributed by atoms with Gasteiger partial charge < -0.3 is 35.7 Å². The van der Waals surface area contributed by atoms with Crippen molar-refractivity contribution in [3.05, 3.63) is 89.5 Å². The Kier molecular flexibility index (Phi) is 13.8. The number of esters is 1. The summed E-state index contributed by atoms with van der Waals surface area (Å²) in [5.41, 5.74) is 9.74.